The van der Waals surface area contributed by atoms with Crippen LogP contribution in [0.5, 0.6) is 0 Å². The standard InChI is InChI=1S/C46H82O6/c1-4-7-10-13-16-18-19-20-21-22-23-24-25-26-27-28-31-33-36-39-45(48)51-42-43(41-50-44(47)38-35-32-29-15-12-9-6-3)52-46(49)40-37-34-30-17-14-11-8-5-2/h16,18,20-21,23-24,43H,4-15,17,19,22,25-42H2,1-3H3/b18-16-,21-20-,24-23-. The number of ether oxygens (including phenoxy) is 3. The summed E-state index contributed by atoms with van der Waals surface area (Å²) in [7, 11) is 0. The molecule has 0 aromatic heterocycles. The molecule has 0 spiro atoms. The number of unbranched alkanes of at least 4 members (excludes halogenated alkanes) is 22. The highest BCUT2D eigenvalue weighted by Gasteiger charge is 2.19. The van der Waals surface area contributed by atoms with Crippen molar-refractivity contribution >= 4 is 17.9 Å². The fourth-order valence-corrected chi connectivity index (χ4v) is 6.04. The van der Waals surface area contributed by atoms with Gasteiger partial charge in [0.25, 0.3) is 0 Å². The maximum absolute atomic E-state index is 12.6. The number of carbonyl (C=O) groups is 3. The number of hydrogen-bond donors (Lipinski definition) is 0. The molecular weight excluding hydrogens is 649 g/mol. The molecule has 0 saturated heterocycles. The van der Waals surface area contributed by atoms with Crippen LogP contribution in [0.15, 0.2) is 36.5 Å². The van der Waals surface area contributed by atoms with Crippen molar-refractivity contribution in [2.45, 2.75) is 226 Å². The van der Waals surface area contributed by atoms with Crippen LogP contribution in [0.4, 0.5) is 0 Å². The zero-order valence-corrected chi connectivity index (χ0v) is 34.3. The van der Waals surface area contributed by atoms with Crippen LogP contribution in [0.3, 0.4) is 0 Å². The minimum absolute atomic E-state index is 0.0749. The average Bonchev–Trinajstić information content (AvgIpc) is 3.14. The zero-order valence-electron chi connectivity index (χ0n) is 34.3. The van der Waals surface area contributed by atoms with Crippen LogP contribution in [0.2, 0.25) is 0 Å². The largest absolute Gasteiger partial charge is 0.462 e. The predicted octanol–water partition coefficient (Wildman–Crippen LogP) is 13.8. The second-order valence-electron chi connectivity index (χ2n) is 14.6. The number of rotatable bonds is 39. The predicted molar refractivity (Wildman–Crippen MR) is 219 cm³/mol. The van der Waals surface area contributed by atoms with Crippen LogP contribution >= 0.6 is 0 Å². The molecule has 6 heteroatoms. The van der Waals surface area contributed by atoms with E-state index in [9.17, 15) is 14.4 Å². The van der Waals surface area contributed by atoms with Crippen LogP contribution in [-0.4, -0.2) is 37.2 Å². The first-order chi connectivity index (χ1) is 25.5. The summed E-state index contributed by atoms with van der Waals surface area (Å²) < 4.78 is 16.6. The van der Waals surface area contributed by atoms with Crippen LogP contribution in [0, 0.1) is 0 Å². The minimum atomic E-state index is -0.768. The normalized spacial score (nSPS) is 12.3. The van der Waals surface area contributed by atoms with Crippen molar-refractivity contribution < 1.29 is 28.6 Å². The summed E-state index contributed by atoms with van der Waals surface area (Å²) in [4.78, 5) is 37.4. The lowest BCUT2D eigenvalue weighted by Crippen LogP contribution is -2.30. The van der Waals surface area contributed by atoms with Gasteiger partial charge in [0.2, 0.25) is 0 Å². The van der Waals surface area contributed by atoms with Gasteiger partial charge in [-0.3, -0.25) is 14.4 Å². The van der Waals surface area contributed by atoms with Gasteiger partial charge in [0, 0.05) is 19.3 Å². The molecule has 0 radical (unpaired) electrons. The summed E-state index contributed by atoms with van der Waals surface area (Å²) in [5.41, 5.74) is 0. The van der Waals surface area contributed by atoms with Gasteiger partial charge in [-0.05, 0) is 57.8 Å². The fourth-order valence-electron chi connectivity index (χ4n) is 6.04. The molecule has 0 aliphatic carbocycles. The Labute approximate surface area is 321 Å². The molecule has 0 heterocycles. The Bertz CT molecular complexity index is 891. The highest BCUT2D eigenvalue weighted by molar-refractivity contribution is 5.71. The highest BCUT2D eigenvalue weighted by atomic mass is 16.6. The lowest BCUT2D eigenvalue weighted by molar-refractivity contribution is -0.167. The van der Waals surface area contributed by atoms with Crippen LogP contribution in [0.25, 0.3) is 0 Å². The number of esters is 3. The molecule has 0 aliphatic rings. The van der Waals surface area contributed by atoms with Crippen LogP contribution in [0.1, 0.15) is 220 Å². The Morgan fingerprint density at radius 1 is 0.385 bits per heavy atom. The molecule has 1 atom stereocenters. The molecule has 0 saturated carbocycles. The second-order valence-corrected chi connectivity index (χ2v) is 14.6. The first kappa shape index (κ1) is 49.6. The van der Waals surface area contributed by atoms with Gasteiger partial charge in [0.05, 0.1) is 0 Å². The van der Waals surface area contributed by atoms with E-state index in [1.165, 1.54) is 103 Å². The molecule has 1 unspecified atom stereocenters. The van der Waals surface area contributed by atoms with Gasteiger partial charge in [0.15, 0.2) is 6.10 Å². The third-order valence-corrected chi connectivity index (χ3v) is 9.40. The van der Waals surface area contributed by atoms with Gasteiger partial charge in [-0.2, -0.15) is 0 Å². The number of carbonyl (C=O) groups excluding carboxylic acids is 3. The van der Waals surface area contributed by atoms with E-state index in [4.69, 9.17) is 14.2 Å². The number of hydrogen-bond acceptors (Lipinski definition) is 6. The molecule has 0 aliphatic heterocycles. The van der Waals surface area contributed by atoms with E-state index in [1.807, 2.05) is 0 Å². The summed E-state index contributed by atoms with van der Waals surface area (Å²) in [6.07, 6.45) is 45.7. The Morgan fingerprint density at radius 3 is 1.12 bits per heavy atom. The van der Waals surface area contributed by atoms with E-state index in [0.29, 0.717) is 19.3 Å². The summed E-state index contributed by atoms with van der Waals surface area (Å²) >= 11 is 0. The first-order valence-corrected chi connectivity index (χ1v) is 22.0. The van der Waals surface area contributed by atoms with Crippen molar-refractivity contribution in [3.8, 4) is 0 Å². The lowest BCUT2D eigenvalue weighted by atomic mass is 10.1. The van der Waals surface area contributed by atoms with Gasteiger partial charge in [-0.15, -0.1) is 0 Å². The van der Waals surface area contributed by atoms with Crippen molar-refractivity contribution in [2.24, 2.45) is 0 Å². The molecule has 0 aromatic rings. The quantitative estimate of drug-likeness (QED) is 0.0271. The second kappa shape index (κ2) is 41.4. The van der Waals surface area contributed by atoms with Crippen molar-refractivity contribution in [2.75, 3.05) is 13.2 Å². The Morgan fingerprint density at radius 2 is 0.692 bits per heavy atom. The molecule has 0 rings (SSSR count). The summed E-state index contributed by atoms with van der Waals surface area (Å²) in [5, 5.41) is 0. The minimum Gasteiger partial charge on any atom is -0.462 e. The first-order valence-electron chi connectivity index (χ1n) is 22.0. The van der Waals surface area contributed by atoms with Crippen molar-refractivity contribution in [1.29, 1.82) is 0 Å². The molecule has 6 nitrogen and oxygen atoms in total. The van der Waals surface area contributed by atoms with Crippen LogP contribution < -0.4 is 0 Å². The Hall–Kier alpha value is -2.37. The molecule has 0 aromatic carbocycles. The van der Waals surface area contributed by atoms with Gasteiger partial charge in [-0.1, -0.05) is 179 Å². The van der Waals surface area contributed by atoms with Crippen molar-refractivity contribution in [3.63, 3.8) is 0 Å². The topological polar surface area (TPSA) is 78.9 Å². The average molecular weight is 731 g/mol. The maximum atomic E-state index is 12.6. The van der Waals surface area contributed by atoms with Gasteiger partial charge < -0.3 is 14.2 Å². The molecule has 0 bridgehead atoms. The molecule has 0 N–H and O–H groups in total. The molecule has 302 valence electrons. The molecule has 0 fully saturated rings. The van der Waals surface area contributed by atoms with Crippen LogP contribution in [-0.2, 0) is 28.6 Å². The molecule has 0 amide bonds. The monoisotopic (exact) mass is 731 g/mol. The third kappa shape index (κ3) is 38.9. The zero-order chi connectivity index (χ0) is 38.0. The summed E-state index contributed by atoms with van der Waals surface area (Å²) in [6.45, 7) is 6.51. The van der Waals surface area contributed by atoms with E-state index in [0.717, 1.165) is 77.0 Å². The van der Waals surface area contributed by atoms with E-state index in [2.05, 4.69) is 57.2 Å². The maximum Gasteiger partial charge on any atom is 0.306 e. The summed E-state index contributed by atoms with van der Waals surface area (Å²) in [5.74, 6) is -0.899. The van der Waals surface area contributed by atoms with Gasteiger partial charge in [-0.25, -0.2) is 0 Å². The van der Waals surface area contributed by atoms with Gasteiger partial charge in [0.1, 0.15) is 13.2 Å². The van der Waals surface area contributed by atoms with E-state index >= 15 is 0 Å². The smallest absolute Gasteiger partial charge is 0.306 e. The highest BCUT2D eigenvalue weighted by Crippen LogP contribution is 2.13. The Kier molecular flexibility index (Phi) is 39.5. The van der Waals surface area contributed by atoms with Gasteiger partial charge >= 0.3 is 17.9 Å². The Balaban J connectivity index is 4.23. The SMILES string of the molecule is CCCCC/C=C\C/C=C\C/C=C\CCCCCCCCC(=O)OCC(COC(=O)CCCCCCCCC)OC(=O)CCCCCCCCCC. The van der Waals surface area contributed by atoms with E-state index in [1.54, 1.807) is 0 Å². The summed E-state index contributed by atoms with van der Waals surface area (Å²) in [6, 6.07) is 0. The fraction of sp³-hybridized carbons (Fsp3) is 0.804. The van der Waals surface area contributed by atoms with E-state index < -0.39 is 6.10 Å². The van der Waals surface area contributed by atoms with Crippen molar-refractivity contribution in [3.05, 3.63) is 36.5 Å². The lowest BCUT2D eigenvalue weighted by Gasteiger charge is -2.18. The molecule has 52 heavy (non-hydrogen) atoms. The van der Waals surface area contributed by atoms with Crippen molar-refractivity contribution in [1.82, 2.24) is 0 Å². The third-order valence-electron chi connectivity index (χ3n) is 9.40. The van der Waals surface area contributed by atoms with E-state index in [-0.39, 0.29) is 31.1 Å². The number of allylic oxidation sites excluding steroid dienone is 6. The molecular formula is C46H82O6.